The Morgan fingerprint density at radius 1 is 1.24 bits per heavy atom. The number of anilines is 3. The van der Waals surface area contributed by atoms with Gasteiger partial charge in [0.05, 0.1) is 24.0 Å². The first-order valence-electron chi connectivity index (χ1n) is 11.4. The monoisotopic (exact) mass is 447 g/mol. The van der Waals surface area contributed by atoms with Crippen molar-refractivity contribution in [2.75, 3.05) is 24.7 Å². The molecule has 1 saturated carbocycles. The average Bonchev–Trinajstić information content (AvgIpc) is 3.69. The highest BCUT2D eigenvalue weighted by molar-refractivity contribution is 6.00. The Morgan fingerprint density at radius 2 is 2.09 bits per heavy atom. The number of aromatic nitrogens is 4. The van der Waals surface area contributed by atoms with Crippen LogP contribution in [0.25, 0.3) is 11.4 Å². The molecule has 0 spiro atoms. The maximum absolute atomic E-state index is 12.7. The number of hydrogen-bond acceptors (Lipinski definition) is 9. The molecule has 1 aromatic carbocycles. The first-order valence-corrected chi connectivity index (χ1v) is 9.87. The van der Waals surface area contributed by atoms with E-state index < -0.39 is 12.9 Å². The van der Waals surface area contributed by atoms with E-state index in [9.17, 15) is 9.59 Å². The molecule has 0 atom stereocenters. The second-order valence-electron chi connectivity index (χ2n) is 7.10. The molecular weight excluding hydrogens is 424 g/mol. The van der Waals surface area contributed by atoms with Crippen molar-refractivity contribution in [3.63, 3.8) is 0 Å². The largest absolute Gasteiger partial charge is 0.494 e. The van der Waals surface area contributed by atoms with Crippen molar-refractivity contribution in [1.29, 1.82) is 5.26 Å². The van der Waals surface area contributed by atoms with Crippen LogP contribution in [0.1, 0.15) is 33.1 Å². The fourth-order valence-corrected chi connectivity index (χ4v) is 3.08. The quantitative estimate of drug-likeness (QED) is 0.494. The molecule has 0 bridgehead atoms. The van der Waals surface area contributed by atoms with Crippen molar-refractivity contribution in [3.8, 4) is 23.2 Å². The zero-order valence-corrected chi connectivity index (χ0v) is 17.4. The van der Waals surface area contributed by atoms with Gasteiger partial charge in [0, 0.05) is 29.3 Å². The Morgan fingerprint density at radius 3 is 2.82 bits per heavy atom. The summed E-state index contributed by atoms with van der Waals surface area (Å²) in [6.45, 7) is -2.75. The standard InChI is InChI=1S/C22H20N8O3/c1-24-22(32)18-16(10-17(29-30-18)28-21(31)12-6-7-12)27-15-5-3-4-14(19(15)33-2)20-25-9-8-13(11-23)26-20/h3-5,8-10,12H,6-7H2,1-2H3,(H,24,32)(H2,27,28,29,31)/i1D3. The normalized spacial score (nSPS) is 14.1. The molecule has 3 N–H and O–H groups in total. The fourth-order valence-electron chi connectivity index (χ4n) is 3.08. The maximum atomic E-state index is 12.7. The van der Waals surface area contributed by atoms with E-state index in [0.29, 0.717) is 11.3 Å². The second kappa shape index (κ2) is 9.27. The molecule has 1 aliphatic carbocycles. The van der Waals surface area contributed by atoms with Crippen molar-refractivity contribution in [3.05, 3.63) is 47.9 Å². The van der Waals surface area contributed by atoms with Crippen molar-refractivity contribution in [2.24, 2.45) is 5.92 Å². The van der Waals surface area contributed by atoms with Crippen LogP contribution in [0.4, 0.5) is 17.2 Å². The van der Waals surface area contributed by atoms with Gasteiger partial charge in [-0.3, -0.25) is 9.59 Å². The van der Waals surface area contributed by atoms with Crippen molar-refractivity contribution >= 4 is 29.0 Å². The van der Waals surface area contributed by atoms with E-state index in [1.165, 1.54) is 25.4 Å². The van der Waals surface area contributed by atoms with E-state index in [4.69, 9.17) is 14.1 Å². The molecule has 1 aliphatic rings. The number of hydrogen-bond donors (Lipinski definition) is 3. The zero-order chi connectivity index (χ0) is 25.9. The highest BCUT2D eigenvalue weighted by Crippen LogP contribution is 2.37. The number of nitrogens with one attached hydrogen (secondary N) is 3. The van der Waals surface area contributed by atoms with Gasteiger partial charge in [-0.25, -0.2) is 9.97 Å². The predicted octanol–water partition coefficient (Wildman–Crippen LogP) is 2.27. The molecule has 3 aromatic rings. The summed E-state index contributed by atoms with van der Waals surface area (Å²) in [6, 6.07) is 9.80. The van der Waals surface area contributed by atoms with Crippen LogP contribution >= 0.6 is 0 Å². The minimum atomic E-state index is -2.75. The summed E-state index contributed by atoms with van der Waals surface area (Å²) in [4.78, 5) is 33.2. The lowest BCUT2D eigenvalue weighted by molar-refractivity contribution is -0.117. The van der Waals surface area contributed by atoms with Crippen molar-refractivity contribution in [1.82, 2.24) is 25.5 Å². The maximum Gasteiger partial charge on any atom is 0.273 e. The molecule has 2 amide bonds. The third-order valence-electron chi connectivity index (χ3n) is 4.82. The lowest BCUT2D eigenvalue weighted by Crippen LogP contribution is -2.22. The number of para-hydroxylation sites is 1. The smallest absolute Gasteiger partial charge is 0.273 e. The number of carbonyl (C=O) groups is 2. The van der Waals surface area contributed by atoms with Crippen LogP contribution in [0, 0.1) is 17.2 Å². The molecule has 4 rings (SSSR count). The molecule has 0 saturated heterocycles. The van der Waals surface area contributed by atoms with Crippen LogP contribution in [0.15, 0.2) is 36.5 Å². The Bertz CT molecular complexity index is 1370. The van der Waals surface area contributed by atoms with Crippen LogP contribution in [0.5, 0.6) is 5.75 Å². The predicted molar refractivity (Wildman–Crippen MR) is 119 cm³/mol. The van der Waals surface area contributed by atoms with E-state index in [2.05, 4.69) is 30.8 Å². The number of ether oxygens (including phenoxy) is 1. The van der Waals surface area contributed by atoms with Gasteiger partial charge < -0.3 is 20.7 Å². The van der Waals surface area contributed by atoms with E-state index in [0.717, 1.165) is 12.8 Å². The van der Waals surface area contributed by atoms with Crippen LogP contribution in [0.3, 0.4) is 0 Å². The topological polar surface area (TPSA) is 155 Å². The van der Waals surface area contributed by atoms with Crippen LogP contribution in [-0.2, 0) is 4.79 Å². The molecule has 33 heavy (non-hydrogen) atoms. The first-order chi connectivity index (χ1) is 17.2. The molecule has 0 aliphatic heterocycles. The number of carbonyl (C=O) groups excluding carboxylic acids is 2. The zero-order valence-electron chi connectivity index (χ0n) is 20.4. The minimum absolute atomic E-state index is 0.0694. The summed E-state index contributed by atoms with van der Waals surface area (Å²) in [6.07, 6.45) is 3.00. The highest BCUT2D eigenvalue weighted by atomic mass is 16.5. The first kappa shape index (κ1) is 18.0. The molecule has 2 aromatic heterocycles. The lowest BCUT2D eigenvalue weighted by atomic mass is 10.1. The molecule has 1 fully saturated rings. The molecule has 0 radical (unpaired) electrons. The number of nitriles is 1. The minimum Gasteiger partial charge on any atom is -0.494 e. The number of rotatable bonds is 7. The summed E-state index contributed by atoms with van der Waals surface area (Å²) >= 11 is 0. The third kappa shape index (κ3) is 4.69. The Balaban J connectivity index is 1.74. The molecular formula is C22H20N8O3. The molecule has 166 valence electrons. The Labute approximate surface area is 193 Å². The molecule has 11 heteroatoms. The number of amides is 2. The van der Waals surface area contributed by atoms with Crippen LogP contribution in [0.2, 0.25) is 0 Å². The van der Waals surface area contributed by atoms with Crippen LogP contribution in [-0.4, -0.2) is 46.1 Å². The van der Waals surface area contributed by atoms with E-state index >= 15 is 0 Å². The van der Waals surface area contributed by atoms with Gasteiger partial charge in [0.25, 0.3) is 5.91 Å². The van der Waals surface area contributed by atoms with E-state index in [1.807, 2.05) is 11.4 Å². The molecule has 2 heterocycles. The van der Waals surface area contributed by atoms with Gasteiger partial charge in [-0.1, -0.05) is 6.07 Å². The van der Waals surface area contributed by atoms with Gasteiger partial charge >= 0.3 is 0 Å². The van der Waals surface area contributed by atoms with Crippen molar-refractivity contribution < 1.29 is 18.4 Å². The Hall–Kier alpha value is -4.59. The number of methoxy groups -OCH3 is 1. The van der Waals surface area contributed by atoms with Gasteiger partial charge in [-0.15, -0.1) is 10.2 Å². The summed E-state index contributed by atoms with van der Waals surface area (Å²) in [5.74, 6) is -0.702. The van der Waals surface area contributed by atoms with Gasteiger partial charge in [0.15, 0.2) is 23.1 Å². The summed E-state index contributed by atoms with van der Waals surface area (Å²) in [7, 11) is 1.42. The lowest BCUT2D eigenvalue weighted by Gasteiger charge is -2.16. The van der Waals surface area contributed by atoms with Crippen molar-refractivity contribution in [2.45, 2.75) is 12.8 Å². The highest BCUT2D eigenvalue weighted by Gasteiger charge is 2.30. The fraction of sp³-hybridized carbons (Fsp3) is 0.227. The summed E-state index contributed by atoms with van der Waals surface area (Å²) in [5.41, 5.74) is 0.734. The third-order valence-corrected chi connectivity index (χ3v) is 4.82. The Kier molecular flexibility index (Phi) is 5.06. The summed E-state index contributed by atoms with van der Waals surface area (Å²) in [5, 5.41) is 24.4. The van der Waals surface area contributed by atoms with Gasteiger partial charge in [0.1, 0.15) is 11.8 Å². The van der Waals surface area contributed by atoms with E-state index in [-0.39, 0.29) is 46.3 Å². The van der Waals surface area contributed by atoms with Gasteiger partial charge in [0.2, 0.25) is 5.91 Å². The second-order valence-corrected chi connectivity index (χ2v) is 7.10. The number of benzene rings is 1. The van der Waals surface area contributed by atoms with Crippen LogP contribution < -0.4 is 20.7 Å². The van der Waals surface area contributed by atoms with Gasteiger partial charge in [-0.2, -0.15) is 5.26 Å². The number of nitrogens with zero attached hydrogens (tertiary/aromatic N) is 5. The molecule has 11 nitrogen and oxygen atoms in total. The van der Waals surface area contributed by atoms with E-state index in [1.54, 1.807) is 18.2 Å². The SMILES string of the molecule is [2H]C([2H])([2H])NC(=O)c1nnc(NC(=O)C2CC2)cc1Nc1cccc(-c2nccc(C#N)n2)c1OC. The molecule has 0 unspecified atom stereocenters. The summed E-state index contributed by atoms with van der Waals surface area (Å²) < 4.78 is 27.6. The van der Waals surface area contributed by atoms with Gasteiger partial charge in [-0.05, 0) is 31.0 Å². The average molecular weight is 447 g/mol.